The third kappa shape index (κ3) is 3.07. The van der Waals surface area contributed by atoms with Gasteiger partial charge in [-0.2, -0.15) is 0 Å². The molecule has 0 radical (unpaired) electrons. The van der Waals surface area contributed by atoms with Gasteiger partial charge in [-0.1, -0.05) is 6.07 Å². The van der Waals surface area contributed by atoms with Crippen molar-refractivity contribution in [3.63, 3.8) is 0 Å². The van der Waals surface area contributed by atoms with Crippen LogP contribution in [0.25, 0.3) is 10.9 Å². The average molecular weight is 312 g/mol. The van der Waals surface area contributed by atoms with Crippen LogP contribution in [0.5, 0.6) is 0 Å². The van der Waals surface area contributed by atoms with Crippen molar-refractivity contribution in [1.29, 1.82) is 0 Å². The lowest BCUT2D eigenvalue weighted by atomic mass is 10.0. The van der Waals surface area contributed by atoms with E-state index >= 15 is 0 Å². The average Bonchev–Trinajstić information content (AvgIpc) is 2.46. The summed E-state index contributed by atoms with van der Waals surface area (Å²) in [6.07, 6.45) is -0.797. The number of hydrogen-bond donors (Lipinski definition) is 4. The van der Waals surface area contributed by atoms with Gasteiger partial charge < -0.3 is 20.3 Å². The summed E-state index contributed by atoms with van der Waals surface area (Å²) in [4.78, 5) is 25.6. The van der Waals surface area contributed by atoms with Gasteiger partial charge in [0, 0.05) is 23.0 Å². The van der Waals surface area contributed by atoms with E-state index in [1.807, 2.05) is 0 Å². The molecule has 0 fully saturated rings. The Labute approximate surface area is 124 Å². The number of aromatic amines is 1. The number of carbonyl (C=O) groups is 1. The van der Waals surface area contributed by atoms with Crippen molar-refractivity contribution in [3.05, 3.63) is 45.7 Å². The Morgan fingerprint density at radius 3 is 2.67 bits per heavy atom. The van der Waals surface area contributed by atoms with Gasteiger partial charge in [-0.25, -0.2) is 4.79 Å². The van der Waals surface area contributed by atoms with Crippen molar-refractivity contribution in [1.82, 2.24) is 4.98 Å². The molecule has 0 spiro atoms. The van der Waals surface area contributed by atoms with Gasteiger partial charge in [0.2, 0.25) is 5.43 Å². The predicted octanol–water partition coefficient (Wildman–Crippen LogP) is 1.25. The van der Waals surface area contributed by atoms with Gasteiger partial charge >= 0.3 is 5.97 Å². The van der Waals surface area contributed by atoms with Crippen LogP contribution in [0.4, 0.5) is 0 Å². The van der Waals surface area contributed by atoms with Crippen LogP contribution in [0.1, 0.15) is 28.4 Å². The van der Waals surface area contributed by atoms with Gasteiger partial charge in [-0.05, 0) is 24.1 Å². The summed E-state index contributed by atoms with van der Waals surface area (Å²) in [6, 6.07) is 4.41. The van der Waals surface area contributed by atoms with E-state index < -0.39 is 23.6 Å². The van der Waals surface area contributed by atoms with E-state index in [1.54, 1.807) is 0 Å². The van der Waals surface area contributed by atoms with Gasteiger partial charge in [0.1, 0.15) is 11.7 Å². The second kappa shape index (κ2) is 6.26. The number of alkyl halides is 1. The second-order valence-electron chi connectivity index (χ2n) is 4.63. The van der Waals surface area contributed by atoms with Crippen molar-refractivity contribution < 1.29 is 20.1 Å². The van der Waals surface area contributed by atoms with E-state index in [-0.39, 0.29) is 23.3 Å². The highest BCUT2D eigenvalue weighted by Crippen LogP contribution is 2.22. The summed E-state index contributed by atoms with van der Waals surface area (Å²) in [6.45, 7) is 0. The summed E-state index contributed by atoms with van der Waals surface area (Å²) in [5.41, 5.74) is -0.143. The molecule has 2 atom stereocenters. The Hall–Kier alpha value is -1.89. The Kier molecular flexibility index (Phi) is 4.62. The smallest absolute Gasteiger partial charge is 0.341 e. The molecular weight excluding hydrogens is 298 g/mol. The summed E-state index contributed by atoms with van der Waals surface area (Å²) >= 11 is 5.52. The van der Waals surface area contributed by atoms with Crippen molar-refractivity contribution >= 4 is 28.5 Å². The molecule has 1 heterocycles. The fourth-order valence-corrected chi connectivity index (χ4v) is 2.30. The molecule has 6 nitrogen and oxygen atoms in total. The molecule has 0 saturated carbocycles. The number of halogens is 1. The van der Waals surface area contributed by atoms with Gasteiger partial charge in [0.15, 0.2) is 0 Å². The number of aromatic nitrogens is 1. The van der Waals surface area contributed by atoms with Crippen LogP contribution in [-0.2, 0) is 0 Å². The van der Waals surface area contributed by atoms with Crippen LogP contribution in [-0.4, -0.2) is 38.3 Å². The molecule has 2 unspecified atom stereocenters. The van der Waals surface area contributed by atoms with E-state index in [0.29, 0.717) is 11.1 Å². The molecule has 0 amide bonds. The van der Waals surface area contributed by atoms with Crippen LogP contribution in [0.15, 0.2) is 29.2 Å². The maximum Gasteiger partial charge on any atom is 0.341 e. The summed E-state index contributed by atoms with van der Waals surface area (Å²) in [5, 5.41) is 28.8. The first-order valence-electron chi connectivity index (χ1n) is 6.26. The largest absolute Gasteiger partial charge is 0.477 e. The quantitative estimate of drug-likeness (QED) is 0.621. The number of hydrogen-bond acceptors (Lipinski definition) is 4. The maximum absolute atomic E-state index is 12.0. The minimum absolute atomic E-state index is 0.206. The molecule has 0 aliphatic heterocycles. The third-order valence-corrected chi connectivity index (χ3v) is 3.46. The predicted molar refractivity (Wildman–Crippen MR) is 77.8 cm³/mol. The van der Waals surface area contributed by atoms with Crippen molar-refractivity contribution in [2.45, 2.75) is 18.6 Å². The molecule has 1 aromatic carbocycles. The normalized spacial score (nSPS) is 14.0. The minimum atomic E-state index is -1.31. The van der Waals surface area contributed by atoms with Gasteiger partial charge in [0.25, 0.3) is 0 Å². The molecule has 112 valence electrons. The Bertz CT molecular complexity index is 727. The number of carboxylic acids is 1. The highest BCUT2D eigenvalue weighted by atomic mass is 35.5. The minimum Gasteiger partial charge on any atom is -0.477 e. The highest BCUT2D eigenvalue weighted by Gasteiger charge is 2.19. The molecule has 0 bridgehead atoms. The number of pyridine rings is 1. The third-order valence-electron chi connectivity index (χ3n) is 3.25. The first-order valence-corrected chi connectivity index (χ1v) is 6.80. The molecule has 0 aliphatic carbocycles. The first-order chi connectivity index (χ1) is 9.95. The highest BCUT2D eigenvalue weighted by molar-refractivity contribution is 6.17. The fourth-order valence-electron chi connectivity index (χ4n) is 2.07. The number of aliphatic hydroxyl groups excluding tert-OH is 2. The molecule has 2 rings (SSSR count). The van der Waals surface area contributed by atoms with Crippen LogP contribution in [0, 0.1) is 0 Å². The molecule has 21 heavy (non-hydrogen) atoms. The van der Waals surface area contributed by atoms with E-state index in [1.165, 1.54) is 18.2 Å². The zero-order chi connectivity index (χ0) is 15.6. The number of nitrogens with one attached hydrogen (secondary N) is 1. The Morgan fingerprint density at radius 2 is 2.05 bits per heavy atom. The zero-order valence-electron chi connectivity index (χ0n) is 10.9. The molecule has 7 heteroatoms. The summed E-state index contributed by atoms with van der Waals surface area (Å²) < 4.78 is 0. The standard InChI is InChI=1S/C14H14ClNO5/c15-4-3-11(17)12(18)7-1-2-8-10(5-7)16-6-9(13(8)19)14(20)21/h1-2,5-6,11-12,17-18H,3-4H2,(H,16,19)(H,20,21). The van der Waals surface area contributed by atoms with Gasteiger partial charge in [0.05, 0.1) is 6.10 Å². The molecule has 0 aliphatic rings. The molecule has 4 N–H and O–H groups in total. The lowest BCUT2D eigenvalue weighted by Crippen LogP contribution is -2.19. The SMILES string of the molecule is O=C(O)c1c[nH]c2cc(C(O)C(O)CCCl)ccc2c1=O. The van der Waals surface area contributed by atoms with E-state index in [0.717, 1.165) is 6.20 Å². The number of aromatic carboxylic acids is 1. The summed E-state index contributed by atoms with van der Waals surface area (Å²) in [5.74, 6) is -1.09. The van der Waals surface area contributed by atoms with Crippen LogP contribution in [0.3, 0.4) is 0 Å². The zero-order valence-corrected chi connectivity index (χ0v) is 11.7. The van der Waals surface area contributed by atoms with Crippen molar-refractivity contribution in [3.8, 4) is 0 Å². The fraction of sp³-hybridized carbons (Fsp3) is 0.286. The Balaban J connectivity index is 2.46. The molecule has 1 aromatic heterocycles. The number of rotatable bonds is 5. The summed E-state index contributed by atoms with van der Waals surface area (Å²) in [7, 11) is 0. The lowest BCUT2D eigenvalue weighted by Gasteiger charge is -2.17. The number of benzene rings is 1. The topological polar surface area (TPSA) is 111 Å². The number of carboxylic acid groups (broad SMARTS) is 1. The number of aliphatic hydroxyl groups is 2. The van der Waals surface area contributed by atoms with Gasteiger partial charge in [-0.3, -0.25) is 4.79 Å². The van der Waals surface area contributed by atoms with E-state index in [2.05, 4.69) is 4.98 Å². The lowest BCUT2D eigenvalue weighted by molar-refractivity contribution is 0.0171. The monoisotopic (exact) mass is 311 g/mol. The number of H-pyrrole nitrogens is 1. The van der Waals surface area contributed by atoms with Gasteiger partial charge in [-0.15, -0.1) is 11.6 Å². The molecule has 0 saturated heterocycles. The maximum atomic E-state index is 12.0. The van der Waals surface area contributed by atoms with Crippen LogP contribution in [0.2, 0.25) is 0 Å². The van der Waals surface area contributed by atoms with Crippen molar-refractivity contribution in [2.75, 3.05) is 5.88 Å². The first kappa shape index (κ1) is 15.5. The molecule has 2 aromatic rings. The second-order valence-corrected chi connectivity index (χ2v) is 5.01. The molecular formula is C14H14ClNO5. The van der Waals surface area contributed by atoms with Crippen molar-refractivity contribution in [2.24, 2.45) is 0 Å². The van der Waals surface area contributed by atoms with Crippen LogP contribution >= 0.6 is 11.6 Å². The Morgan fingerprint density at radius 1 is 1.33 bits per heavy atom. The van der Waals surface area contributed by atoms with Crippen LogP contribution < -0.4 is 5.43 Å². The van der Waals surface area contributed by atoms with E-state index in [9.17, 15) is 19.8 Å². The van der Waals surface area contributed by atoms with E-state index in [4.69, 9.17) is 16.7 Å². The number of fused-ring (bicyclic) bond motifs is 1.